The van der Waals surface area contributed by atoms with Gasteiger partial charge in [-0.2, -0.15) is 0 Å². The number of ether oxygens (including phenoxy) is 3. The van der Waals surface area contributed by atoms with Crippen molar-refractivity contribution in [3.63, 3.8) is 0 Å². The second kappa shape index (κ2) is 15.8. The molecule has 4 amide bonds. The number of carbonyl (C=O) groups excluding carboxylic acids is 5. The molecule has 298 valence electrons. The van der Waals surface area contributed by atoms with Gasteiger partial charge in [0, 0.05) is 42.7 Å². The van der Waals surface area contributed by atoms with E-state index in [9.17, 15) is 24.0 Å². The highest BCUT2D eigenvalue weighted by molar-refractivity contribution is 6.10. The second-order valence-corrected chi connectivity index (χ2v) is 15.3. The Bertz CT molecular complexity index is 2280. The average Bonchev–Trinajstić information content (AvgIpc) is 3.58. The number of halogens is 2. The number of nitrogens with one attached hydrogen (secondary N) is 3. The Kier molecular flexibility index (Phi) is 11.5. The number of hydrogen-bond acceptors (Lipinski definition) is 11. The number of pyridine rings is 1. The first kappa shape index (κ1) is 41.5. The van der Waals surface area contributed by atoms with Gasteiger partial charge in [0.25, 0.3) is 11.8 Å². The fourth-order valence-corrected chi connectivity index (χ4v) is 5.73. The molecule has 3 heterocycles. The van der Waals surface area contributed by atoms with E-state index in [4.69, 9.17) is 19.6 Å². The van der Waals surface area contributed by atoms with Crippen LogP contribution in [0.25, 0.3) is 16.8 Å². The van der Waals surface area contributed by atoms with Gasteiger partial charge < -0.3 is 35.2 Å². The van der Waals surface area contributed by atoms with Crippen LogP contribution in [0.15, 0.2) is 48.7 Å². The number of amides is 4. The van der Waals surface area contributed by atoms with E-state index in [1.54, 1.807) is 48.6 Å². The molecular formula is C41H42F2N6O8. The number of rotatable bonds is 10. The van der Waals surface area contributed by atoms with Crippen LogP contribution in [0.2, 0.25) is 0 Å². The summed E-state index contributed by atoms with van der Waals surface area (Å²) in [4.78, 5) is 72.6. The highest BCUT2D eigenvalue weighted by atomic mass is 19.1. The van der Waals surface area contributed by atoms with Crippen LogP contribution in [0.1, 0.15) is 68.7 Å². The first-order valence-electron chi connectivity index (χ1n) is 17.6. The molecule has 1 aromatic heterocycles. The van der Waals surface area contributed by atoms with Gasteiger partial charge in [-0.25, -0.2) is 23.5 Å². The molecule has 1 saturated heterocycles. The molecule has 1 atom stereocenters. The van der Waals surface area contributed by atoms with E-state index in [0.717, 1.165) is 17.2 Å². The fourth-order valence-electron chi connectivity index (χ4n) is 5.73. The summed E-state index contributed by atoms with van der Waals surface area (Å²) in [5.41, 5.74) is -3.43. The molecule has 0 unspecified atom stereocenters. The molecule has 2 aromatic carbocycles. The van der Waals surface area contributed by atoms with Crippen molar-refractivity contribution in [1.82, 2.24) is 25.4 Å². The van der Waals surface area contributed by atoms with Crippen LogP contribution in [0.5, 0.6) is 11.5 Å². The Hall–Kier alpha value is -6.63. The Morgan fingerprint density at radius 3 is 2.32 bits per heavy atom. The van der Waals surface area contributed by atoms with Gasteiger partial charge in [-0.15, -0.1) is 0 Å². The van der Waals surface area contributed by atoms with Gasteiger partial charge in [0.05, 0.1) is 35.7 Å². The lowest BCUT2D eigenvalue weighted by atomic mass is 9.97. The molecule has 1 fully saturated rings. The van der Waals surface area contributed by atoms with Crippen molar-refractivity contribution in [3.05, 3.63) is 82.7 Å². The lowest BCUT2D eigenvalue weighted by molar-refractivity contribution is -0.158. The van der Waals surface area contributed by atoms with Crippen molar-refractivity contribution in [1.29, 1.82) is 5.41 Å². The van der Waals surface area contributed by atoms with E-state index in [1.807, 2.05) is 0 Å². The number of urea groups is 1. The van der Waals surface area contributed by atoms with Gasteiger partial charge in [-0.1, -0.05) is 17.9 Å². The highest BCUT2D eigenvalue weighted by Gasteiger charge is 2.53. The highest BCUT2D eigenvalue weighted by Crippen LogP contribution is 2.35. The van der Waals surface area contributed by atoms with Crippen LogP contribution in [-0.4, -0.2) is 83.8 Å². The number of allylic oxidation sites excluding steroid dienone is 1. The smallest absolute Gasteiger partial charge is 0.328 e. The zero-order chi connectivity index (χ0) is 42.0. The number of imide groups is 1. The first-order chi connectivity index (χ1) is 26.7. The minimum Gasteiger partial charge on any atom is -0.494 e. The summed E-state index contributed by atoms with van der Waals surface area (Å²) in [7, 11) is 2.89. The SMILES string of the molecule is CN/C=C(\C=N)c1ccc(OC(=O)C(C)(C)C)c(-c2ccc(C#C[C@]3(CN4Cc5ccc(OC)c(F)c5C4=O)NC(=O)N(COC(=O)C(C)(C)C)C3=O)cc2F)n1. The predicted octanol–water partition coefficient (Wildman–Crippen LogP) is 5.04. The van der Waals surface area contributed by atoms with E-state index < -0.39 is 71.1 Å². The van der Waals surface area contributed by atoms with E-state index in [2.05, 4.69) is 27.5 Å². The normalized spacial score (nSPS) is 16.7. The van der Waals surface area contributed by atoms with E-state index in [1.165, 1.54) is 49.7 Å². The molecule has 5 rings (SSSR count). The monoisotopic (exact) mass is 784 g/mol. The maximum atomic E-state index is 16.1. The molecule has 14 nitrogen and oxygen atoms in total. The van der Waals surface area contributed by atoms with Crippen LogP contribution in [0.3, 0.4) is 0 Å². The number of methoxy groups -OCH3 is 1. The van der Waals surface area contributed by atoms with E-state index >= 15 is 8.78 Å². The summed E-state index contributed by atoms with van der Waals surface area (Å²) in [6.45, 7) is 8.29. The van der Waals surface area contributed by atoms with Crippen molar-refractivity contribution < 1.29 is 47.0 Å². The fraction of sp³-hybridized carbons (Fsp3) is 0.341. The standard InChI is InChI=1S/C41H42F2N6O8/c1-39(2,3)36(52)56-22-49-35(51)41(47-38(49)54,21-48-20-24-10-13-29(55-8)32(43)31(24)34(48)50)16-15-23-9-11-26(27(42)17-23)33-30(57-37(53)40(4,5)6)14-12-28(46-33)25(18-44)19-45-7/h9-14,17-19,44-45H,20-22H2,1-8H3,(H,47,54)/b25-19+,44-18?/t41-/m1/s1. The van der Waals surface area contributed by atoms with Gasteiger partial charge in [0.1, 0.15) is 11.5 Å². The average molecular weight is 785 g/mol. The van der Waals surface area contributed by atoms with Crippen molar-refractivity contribution in [3.8, 4) is 34.6 Å². The van der Waals surface area contributed by atoms with Crippen LogP contribution in [0.4, 0.5) is 13.6 Å². The Morgan fingerprint density at radius 2 is 1.70 bits per heavy atom. The van der Waals surface area contributed by atoms with Gasteiger partial charge in [0.15, 0.2) is 24.0 Å². The summed E-state index contributed by atoms with van der Waals surface area (Å²) < 4.78 is 47.3. The maximum Gasteiger partial charge on any atom is 0.328 e. The Morgan fingerprint density at radius 1 is 1.02 bits per heavy atom. The van der Waals surface area contributed by atoms with Crippen molar-refractivity contribution in [2.75, 3.05) is 27.4 Å². The third-order valence-electron chi connectivity index (χ3n) is 8.88. The van der Waals surface area contributed by atoms with Crippen LogP contribution in [-0.2, 0) is 25.7 Å². The molecule has 0 aliphatic carbocycles. The molecule has 16 heteroatoms. The van der Waals surface area contributed by atoms with E-state index in [-0.39, 0.29) is 46.1 Å². The molecule has 2 aliphatic heterocycles. The zero-order valence-electron chi connectivity index (χ0n) is 32.7. The maximum absolute atomic E-state index is 16.1. The number of nitrogens with zero attached hydrogens (tertiary/aromatic N) is 3. The molecule has 0 radical (unpaired) electrons. The van der Waals surface area contributed by atoms with Crippen LogP contribution >= 0.6 is 0 Å². The molecule has 3 N–H and O–H groups in total. The van der Waals surface area contributed by atoms with Crippen molar-refractivity contribution in [2.24, 2.45) is 10.8 Å². The number of carbonyl (C=O) groups is 5. The lowest BCUT2D eigenvalue weighted by Gasteiger charge is -2.27. The van der Waals surface area contributed by atoms with Crippen molar-refractivity contribution >= 4 is 41.6 Å². The zero-order valence-corrected chi connectivity index (χ0v) is 32.7. The molecule has 0 bridgehead atoms. The van der Waals surface area contributed by atoms with Gasteiger partial charge in [-0.05, 0) is 83.5 Å². The summed E-state index contributed by atoms with van der Waals surface area (Å²) in [5, 5.41) is 13.1. The summed E-state index contributed by atoms with van der Waals surface area (Å²) >= 11 is 0. The van der Waals surface area contributed by atoms with Crippen LogP contribution < -0.4 is 20.1 Å². The quantitative estimate of drug-likeness (QED) is 0.109. The Labute approximate surface area is 328 Å². The first-order valence-corrected chi connectivity index (χ1v) is 17.6. The largest absolute Gasteiger partial charge is 0.494 e. The second-order valence-electron chi connectivity index (χ2n) is 15.3. The Balaban J connectivity index is 1.55. The molecule has 3 aromatic rings. The topological polar surface area (TPSA) is 180 Å². The number of aromatic nitrogens is 1. The number of hydrogen-bond donors (Lipinski definition) is 3. The lowest BCUT2D eigenvalue weighted by Crippen LogP contribution is -2.54. The van der Waals surface area contributed by atoms with Gasteiger partial charge >= 0.3 is 18.0 Å². The van der Waals surface area contributed by atoms with Crippen molar-refractivity contribution in [2.45, 2.75) is 53.6 Å². The molecule has 57 heavy (non-hydrogen) atoms. The number of esters is 2. The van der Waals surface area contributed by atoms with Gasteiger partial charge in [0.2, 0.25) is 5.54 Å². The number of fused-ring (bicyclic) bond motifs is 1. The molecular weight excluding hydrogens is 742 g/mol. The van der Waals surface area contributed by atoms with E-state index in [0.29, 0.717) is 16.0 Å². The number of benzene rings is 2. The predicted molar refractivity (Wildman–Crippen MR) is 204 cm³/mol. The summed E-state index contributed by atoms with van der Waals surface area (Å²) in [6, 6.07) is 8.65. The summed E-state index contributed by atoms with van der Waals surface area (Å²) in [5.74, 6) is 0.452. The molecule has 0 spiro atoms. The molecule has 2 aliphatic rings. The summed E-state index contributed by atoms with van der Waals surface area (Å²) in [6.07, 6.45) is 2.57. The third-order valence-corrected chi connectivity index (χ3v) is 8.88. The minimum atomic E-state index is -2.15. The minimum absolute atomic E-state index is 0.0294. The third kappa shape index (κ3) is 8.47. The van der Waals surface area contributed by atoms with Gasteiger partial charge in [-0.3, -0.25) is 19.2 Å². The van der Waals surface area contributed by atoms with Crippen LogP contribution in [0, 0.1) is 39.7 Å². The molecule has 0 saturated carbocycles.